The molecular weight excluding hydrogens is 250 g/mol. The van der Waals surface area contributed by atoms with E-state index in [-0.39, 0.29) is 11.8 Å². The van der Waals surface area contributed by atoms with Crippen molar-refractivity contribution in [2.75, 3.05) is 32.5 Å². The minimum Gasteiger partial charge on any atom is -0.382 e. The first kappa shape index (κ1) is 14.9. The Bertz CT molecular complexity index is 459. The van der Waals surface area contributed by atoms with Gasteiger partial charge in [0.05, 0.1) is 5.92 Å². The van der Waals surface area contributed by atoms with Crippen LogP contribution >= 0.6 is 0 Å². The Morgan fingerprint density at radius 3 is 2.90 bits per heavy atom. The van der Waals surface area contributed by atoms with Gasteiger partial charge in [0.25, 0.3) is 0 Å². The number of amides is 1. The second kappa shape index (κ2) is 6.75. The van der Waals surface area contributed by atoms with Gasteiger partial charge in [0, 0.05) is 18.3 Å². The second-order valence-electron chi connectivity index (χ2n) is 5.87. The van der Waals surface area contributed by atoms with Gasteiger partial charge in [-0.1, -0.05) is 18.2 Å². The fraction of sp³-hybridized carbons (Fsp3) is 0.562. The lowest BCUT2D eigenvalue weighted by molar-refractivity contribution is -0.122. The molecule has 0 aromatic heterocycles. The molecule has 0 saturated heterocycles. The highest BCUT2D eigenvalue weighted by molar-refractivity contribution is 5.86. The van der Waals surface area contributed by atoms with E-state index in [0.717, 1.165) is 37.2 Å². The summed E-state index contributed by atoms with van der Waals surface area (Å²) in [7, 11) is 4.10. The van der Waals surface area contributed by atoms with E-state index in [4.69, 9.17) is 0 Å². The lowest BCUT2D eigenvalue weighted by atomic mass is 9.87. The van der Waals surface area contributed by atoms with Crippen LogP contribution in [-0.4, -0.2) is 44.0 Å². The molecule has 0 fully saturated rings. The van der Waals surface area contributed by atoms with E-state index >= 15 is 0 Å². The standard InChI is InChI=1S/C16H25N3O/c1-12-11-14(13-7-4-5-8-15(13)18-12)16(20)17-9-6-10-19(2)3/h4-5,7-8,12,14,18H,6,9-11H2,1-3H3,(H,17,20). The summed E-state index contributed by atoms with van der Waals surface area (Å²) in [4.78, 5) is 14.5. The number of carbonyl (C=O) groups excluding carboxylic acids is 1. The quantitative estimate of drug-likeness (QED) is 0.808. The molecule has 4 nitrogen and oxygen atoms in total. The van der Waals surface area contributed by atoms with Gasteiger partial charge in [0.2, 0.25) is 5.91 Å². The molecule has 1 aromatic carbocycles. The Hall–Kier alpha value is -1.55. The largest absolute Gasteiger partial charge is 0.382 e. The summed E-state index contributed by atoms with van der Waals surface area (Å²) in [6.07, 6.45) is 1.84. The molecule has 110 valence electrons. The van der Waals surface area contributed by atoms with Gasteiger partial charge >= 0.3 is 0 Å². The fourth-order valence-electron chi connectivity index (χ4n) is 2.72. The summed E-state index contributed by atoms with van der Waals surface area (Å²) in [5.74, 6) is 0.131. The van der Waals surface area contributed by atoms with Crippen molar-refractivity contribution in [3.05, 3.63) is 29.8 Å². The smallest absolute Gasteiger partial charge is 0.227 e. The van der Waals surface area contributed by atoms with E-state index in [1.54, 1.807) is 0 Å². The highest BCUT2D eigenvalue weighted by atomic mass is 16.1. The number of para-hydroxylation sites is 1. The molecular formula is C16H25N3O. The number of carbonyl (C=O) groups is 1. The van der Waals surface area contributed by atoms with E-state index in [2.05, 4.69) is 34.6 Å². The van der Waals surface area contributed by atoms with Crippen molar-refractivity contribution in [3.63, 3.8) is 0 Å². The van der Waals surface area contributed by atoms with E-state index in [1.807, 2.05) is 26.2 Å². The van der Waals surface area contributed by atoms with Crippen LogP contribution in [0, 0.1) is 0 Å². The molecule has 1 aliphatic rings. The summed E-state index contributed by atoms with van der Waals surface area (Å²) < 4.78 is 0. The van der Waals surface area contributed by atoms with Crippen molar-refractivity contribution in [1.29, 1.82) is 0 Å². The van der Waals surface area contributed by atoms with Crippen LogP contribution < -0.4 is 10.6 Å². The Kier molecular flexibility index (Phi) is 5.01. The van der Waals surface area contributed by atoms with E-state index < -0.39 is 0 Å². The number of fused-ring (bicyclic) bond motifs is 1. The Morgan fingerprint density at radius 2 is 2.15 bits per heavy atom. The van der Waals surface area contributed by atoms with Crippen molar-refractivity contribution >= 4 is 11.6 Å². The van der Waals surface area contributed by atoms with Crippen LogP contribution in [0.25, 0.3) is 0 Å². The number of nitrogens with one attached hydrogen (secondary N) is 2. The topological polar surface area (TPSA) is 44.4 Å². The van der Waals surface area contributed by atoms with Crippen LogP contribution in [0.3, 0.4) is 0 Å². The third-order valence-corrected chi connectivity index (χ3v) is 3.73. The van der Waals surface area contributed by atoms with Crippen LogP contribution in [0.5, 0.6) is 0 Å². The lowest BCUT2D eigenvalue weighted by Gasteiger charge is -2.30. The van der Waals surface area contributed by atoms with Crippen LogP contribution in [0.4, 0.5) is 5.69 Å². The Balaban J connectivity index is 1.96. The fourth-order valence-corrected chi connectivity index (χ4v) is 2.72. The highest BCUT2D eigenvalue weighted by Crippen LogP contribution is 2.33. The zero-order valence-electron chi connectivity index (χ0n) is 12.6. The van der Waals surface area contributed by atoms with Crippen LogP contribution in [-0.2, 0) is 4.79 Å². The number of benzene rings is 1. The first-order valence-corrected chi connectivity index (χ1v) is 7.36. The summed E-state index contributed by atoms with van der Waals surface area (Å²) in [6.45, 7) is 3.87. The normalized spacial score (nSPS) is 21.2. The predicted molar refractivity (Wildman–Crippen MR) is 83.1 cm³/mol. The van der Waals surface area contributed by atoms with Gasteiger partial charge < -0.3 is 15.5 Å². The monoisotopic (exact) mass is 275 g/mol. The molecule has 2 rings (SSSR count). The Labute approximate surface area is 121 Å². The zero-order chi connectivity index (χ0) is 14.5. The molecule has 1 heterocycles. The molecule has 2 N–H and O–H groups in total. The minimum absolute atomic E-state index is 0.0261. The maximum atomic E-state index is 12.4. The third kappa shape index (κ3) is 3.73. The molecule has 20 heavy (non-hydrogen) atoms. The van der Waals surface area contributed by atoms with Crippen LogP contribution in [0.15, 0.2) is 24.3 Å². The number of nitrogens with zero attached hydrogens (tertiary/aromatic N) is 1. The van der Waals surface area contributed by atoms with Crippen molar-refractivity contribution in [2.45, 2.75) is 31.7 Å². The van der Waals surface area contributed by atoms with Gasteiger partial charge in [-0.05, 0) is 52.0 Å². The molecule has 4 heteroatoms. The molecule has 0 spiro atoms. The molecule has 0 bridgehead atoms. The van der Waals surface area contributed by atoms with Crippen LogP contribution in [0.1, 0.15) is 31.2 Å². The summed E-state index contributed by atoms with van der Waals surface area (Å²) in [5, 5.41) is 6.52. The van der Waals surface area contributed by atoms with Gasteiger partial charge in [-0.2, -0.15) is 0 Å². The molecule has 1 amide bonds. The second-order valence-corrected chi connectivity index (χ2v) is 5.87. The molecule has 1 aliphatic heterocycles. The predicted octanol–water partition coefficient (Wildman–Crippen LogP) is 2.04. The summed E-state index contributed by atoms with van der Waals surface area (Å²) in [5.41, 5.74) is 2.22. The summed E-state index contributed by atoms with van der Waals surface area (Å²) >= 11 is 0. The molecule has 0 saturated carbocycles. The first-order valence-electron chi connectivity index (χ1n) is 7.36. The van der Waals surface area contributed by atoms with Crippen molar-refractivity contribution in [2.24, 2.45) is 0 Å². The van der Waals surface area contributed by atoms with Gasteiger partial charge in [-0.25, -0.2) is 0 Å². The molecule has 0 aliphatic carbocycles. The molecule has 1 aromatic rings. The number of anilines is 1. The molecule has 2 atom stereocenters. The van der Waals surface area contributed by atoms with Crippen molar-refractivity contribution in [1.82, 2.24) is 10.2 Å². The first-order chi connectivity index (χ1) is 9.58. The number of rotatable bonds is 5. The molecule has 2 unspecified atom stereocenters. The SMILES string of the molecule is CC1CC(C(=O)NCCCN(C)C)c2ccccc2N1. The van der Waals surface area contributed by atoms with Crippen molar-refractivity contribution in [3.8, 4) is 0 Å². The molecule has 0 radical (unpaired) electrons. The van der Waals surface area contributed by atoms with Gasteiger partial charge in [-0.3, -0.25) is 4.79 Å². The van der Waals surface area contributed by atoms with Crippen LogP contribution in [0.2, 0.25) is 0 Å². The zero-order valence-corrected chi connectivity index (χ0v) is 12.6. The average Bonchev–Trinajstić information content (AvgIpc) is 2.42. The number of hydrogen-bond acceptors (Lipinski definition) is 3. The van der Waals surface area contributed by atoms with Crippen molar-refractivity contribution < 1.29 is 4.79 Å². The maximum absolute atomic E-state index is 12.4. The third-order valence-electron chi connectivity index (χ3n) is 3.73. The average molecular weight is 275 g/mol. The van der Waals surface area contributed by atoms with Gasteiger partial charge in [0.1, 0.15) is 0 Å². The van der Waals surface area contributed by atoms with Gasteiger partial charge in [0.15, 0.2) is 0 Å². The highest BCUT2D eigenvalue weighted by Gasteiger charge is 2.29. The summed E-state index contributed by atoms with van der Waals surface area (Å²) in [6, 6.07) is 8.45. The Morgan fingerprint density at radius 1 is 1.40 bits per heavy atom. The van der Waals surface area contributed by atoms with E-state index in [0.29, 0.717) is 6.04 Å². The maximum Gasteiger partial charge on any atom is 0.227 e. The minimum atomic E-state index is -0.0261. The van der Waals surface area contributed by atoms with Gasteiger partial charge in [-0.15, -0.1) is 0 Å². The van der Waals surface area contributed by atoms with E-state index in [1.165, 1.54) is 0 Å². The lowest BCUT2D eigenvalue weighted by Crippen LogP contribution is -2.36. The number of hydrogen-bond donors (Lipinski definition) is 2. The van der Waals surface area contributed by atoms with E-state index in [9.17, 15) is 4.79 Å².